The summed E-state index contributed by atoms with van der Waals surface area (Å²) in [7, 11) is 3.00. The lowest BCUT2D eigenvalue weighted by molar-refractivity contribution is -0.122. The minimum absolute atomic E-state index is 0.0371. The molecule has 0 atom stereocenters. The van der Waals surface area contributed by atoms with Gasteiger partial charge in [0.15, 0.2) is 5.11 Å². The van der Waals surface area contributed by atoms with Crippen LogP contribution in [0.4, 0.5) is 5.69 Å². The minimum Gasteiger partial charge on any atom is -0.497 e. The molecular formula is C21H19BrN2O5S. The molecule has 0 aliphatic carbocycles. The van der Waals surface area contributed by atoms with Crippen molar-refractivity contribution < 1.29 is 23.8 Å². The highest BCUT2D eigenvalue weighted by Gasteiger charge is 2.36. The van der Waals surface area contributed by atoms with Crippen LogP contribution in [0.2, 0.25) is 0 Å². The van der Waals surface area contributed by atoms with E-state index < -0.39 is 11.8 Å². The fourth-order valence-corrected chi connectivity index (χ4v) is 3.57. The van der Waals surface area contributed by atoms with Crippen molar-refractivity contribution in [1.82, 2.24) is 5.32 Å². The molecule has 0 bridgehead atoms. The first-order valence-corrected chi connectivity index (χ1v) is 10.2. The van der Waals surface area contributed by atoms with E-state index in [-0.39, 0.29) is 10.7 Å². The number of hydrogen-bond acceptors (Lipinski definition) is 6. The highest BCUT2D eigenvalue weighted by atomic mass is 79.9. The highest BCUT2D eigenvalue weighted by Crippen LogP contribution is 2.35. The fraction of sp³-hybridized carbons (Fsp3) is 0.190. The zero-order chi connectivity index (χ0) is 21.8. The highest BCUT2D eigenvalue weighted by molar-refractivity contribution is 9.10. The van der Waals surface area contributed by atoms with Crippen LogP contribution < -0.4 is 24.4 Å². The van der Waals surface area contributed by atoms with E-state index in [0.717, 1.165) is 4.47 Å². The molecular weight excluding hydrogens is 472 g/mol. The van der Waals surface area contributed by atoms with E-state index in [4.69, 9.17) is 26.4 Å². The van der Waals surface area contributed by atoms with Crippen molar-refractivity contribution in [3.05, 3.63) is 52.0 Å². The first-order valence-electron chi connectivity index (χ1n) is 8.95. The Balaban J connectivity index is 2.08. The number of rotatable bonds is 6. The van der Waals surface area contributed by atoms with Crippen molar-refractivity contribution in [1.29, 1.82) is 0 Å². The van der Waals surface area contributed by atoms with Gasteiger partial charge in [-0.25, -0.2) is 4.90 Å². The maximum atomic E-state index is 13.3. The lowest BCUT2D eigenvalue weighted by Crippen LogP contribution is -2.54. The average molecular weight is 491 g/mol. The van der Waals surface area contributed by atoms with Gasteiger partial charge in [-0.3, -0.25) is 14.9 Å². The Labute approximate surface area is 187 Å². The number of thiocarbonyl (C=S) groups is 1. The molecule has 1 fully saturated rings. The third kappa shape index (κ3) is 4.31. The van der Waals surface area contributed by atoms with Gasteiger partial charge in [-0.2, -0.15) is 0 Å². The molecule has 0 spiro atoms. The SMILES string of the molecule is CCOc1ccc(Br)cc1/C=C1\C(=O)NC(=S)N(c2ccc(OC)cc2OC)C1=O. The summed E-state index contributed by atoms with van der Waals surface area (Å²) in [5.74, 6) is 0.320. The molecule has 1 aliphatic heterocycles. The predicted molar refractivity (Wildman–Crippen MR) is 121 cm³/mol. The third-order valence-electron chi connectivity index (χ3n) is 4.30. The average Bonchev–Trinajstić information content (AvgIpc) is 2.73. The summed E-state index contributed by atoms with van der Waals surface area (Å²) in [6.45, 7) is 2.30. The van der Waals surface area contributed by atoms with E-state index in [1.165, 1.54) is 25.2 Å². The zero-order valence-corrected chi connectivity index (χ0v) is 18.9. The van der Waals surface area contributed by atoms with E-state index in [9.17, 15) is 9.59 Å². The van der Waals surface area contributed by atoms with Crippen LogP contribution in [0.5, 0.6) is 17.2 Å². The standard InChI is InChI=1S/C21H19BrN2O5S/c1-4-29-17-8-5-13(22)9-12(17)10-15-19(25)23-21(30)24(20(15)26)16-7-6-14(27-2)11-18(16)28-3/h5-11H,4H2,1-3H3,(H,23,25,30)/b15-10+. The summed E-state index contributed by atoms with van der Waals surface area (Å²) >= 11 is 8.67. The number of anilines is 1. The number of carbonyl (C=O) groups excluding carboxylic acids is 2. The lowest BCUT2D eigenvalue weighted by Gasteiger charge is -2.30. The number of ether oxygens (including phenoxy) is 3. The van der Waals surface area contributed by atoms with Gasteiger partial charge in [0.1, 0.15) is 22.8 Å². The van der Waals surface area contributed by atoms with Gasteiger partial charge in [0.05, 0.1) is 26.5 Å². The molecule has 2 aromatic rings. The Morgan fingerprint density at radius 3 is 2.53 bits per heavy atom. The summed E-state index contributed by atoms with van der Waals surface area (Å²) in [6, 6.07) is 10.3. The maximum Gasteiger partial charge on any atom is 0.270 e. The van der Waals surface area contributed by atoms with Crippen LogP contribution in [0, 0.1) is 0 Å². The van der Waals surface area contributed by atoms with Gasteiger partial charge >= 0.3 is 0 Å². The Hall–Kier alpha value is -2.91. The van der Waals surface area contributed by atoms with Crippen LogP contribution >= 0.6 is 28.1 Å². The molecule has 0 radical (unpaired) electrons. The Morgan fingerprint density at radius 2 is 1.87 bits per heavy atom. The van der Waals surface area contributed by atoms with Crippen molar-refractivity contribution in [2.45, 2.75) is 6.92 Å². The Morgan fingerprint density at radius 1 is 1.10 bits per heavy atom. The summed E-state index contributed by atoms with van der Waals surface area (Å²) < 4.78 is 17.0. The van der Waals surface area contributed by atoms with Gasteiger partial charge < -0.3 is 14.2 Å². The van der Waals surface area contributed by atoms with Crippen molar-refractivity contribution in [3.8, 4) is 17.2 Å². The van der Waals surface area contributed by atoms with Crippen molar-refractivity contribution in [2.24, 2.45) is 0 Å². The van der Waals surface area contributed by atoms with Crippen molar-refractivity contribution >= 4 is 56.8 Å². The normalized spacial score (nSPS) is 15.3. The maximum absolute atomic E-state index is 13.3. The molecule has 0 aromatic heterocycles. The molecule has 0 unspecified atom stereocenters. The molecule has 3 rings (SSSR count). The van der Waals surface area contributed by atoms with Crippen LogP contribution in [-0.2, 0) is 9.59 Å². The molecule has 1 aliphatic rings. The van der Waals surface area contributed by atoms with E-state index >= 15 is 0 Å². The molecule has 9 heteroatoms. The third-order valence-corrected chi connectivity index (χ3v) is 5.08. The van der Waals surface area contributed by atoms with Gasteiger partial charge in [-0.05, 0) is 55.5 Å². The van der Waals surface area contributed by atoms with Gasteiger partial charge in [-0.1, -0.05) is 15.9 Å². The van der Waals surface area contributed by atoms with Gasteiger partial charge in [0, 0.05) is 16.1 Å². The van der Waals surface area contributed by atoms with Crippen molar-refractivity contribution in [3.63, 3.8) is 0 Å². The number of hydrogen-bond donors (Lipinski definition) is 1. The molecule has 30 heavy (non-hydrogen) atoms. The van der Waals surface area contributed by atoms with Gasteiger partial charge in [0.2, 0.25) is 0 Å². The summed E-state index contributed by atoms with van der Waals surface area (Å²) in [6.07, 6.45) is 1.48. The first kappa shape index (κ1) is 21.8. The summed E-state index contributed by atoms with van der Waals surface area (Å²) in [5.41, 5.74) is 0.887. The Kier molecular flexibility index (Phi) is 6.73. The van der Waals surface area contributed by atoms with Gasteiger partial charge in [-0.15, -0.1) is 0 Å². The second-order valence-electron chi connectivity index (χ2n) is 6.11. The van der Waals surface area contributed by atoms with Crippen LogP contribution in [0.1, 0.15) is 12.5 Å². The molecule has 0 saturated carbocycles. The second-order valence-corrected chi connectivity index (χ2v) is 7.41. The predicted octanol–water partition coefficient (Wildman–Crippen LogP) is 3.70. The van der Waals surface area contributed by atoms with E-state index in [1.54, 1.807) is 30.3 Å². The number of benzene rings is 2. The molecule has 2 amide bonds. The van der Waals surface area contributed by atoms with Crippen LogP contribution in [0.3, 0.4) is 0 Å². The molecule has 7 nitrogen and oxygen atoms in total. The minimum atomic E-state index is -0.587. The van der Waals surface area contributed by atoms with Crippen molar-refractivity contribution in [2.75, 3.05) is 25.7 Å². The zero-order valence-electron chi connectivity index (χ0n) is 16.5. The summed E-state index contributed by atoms with van der Waals surface area (Å²) in [5, 5.41) is 2.53. The smallest absolute Gasteiger partial charge is 0.270 e. The summed E-state index contributed by atoms with van der Waals surface area (Å²) in [4.78, 5) is 27.1. The van der Waals surface area contributed by atoms with E-state index in [2.05, 4.69) is 21.2 Å². The fourth-order valence-electron chi connectivity index (χ4n) is 2.92. The molecule has 1 heterocycles. The number of halogens is 1. The number of nitrogens with zero attached hydrogens (tertiary/aromatic N) is 1. The first-order chi connectivity index (χ1) is 14.4. The largest absolute Gasteiger partial charge is 0.497 e. The molecule has 2 aromatic carbocycles. The lowest BCUT2D eigenvalue weighted by atomic mass is 10.1. The number of methoxy groups -OCH3 is 2. The molecule has 1 saturated heterocycles. The number of amides is 2. The second kappa shape index (κ2) is 9.27. The van der Waals surface area contributed by atoms with Crippen LogP contribution in [-0.4, -0.2) is 37.8 Å². The van der Waals surface area contributed by atoms with Crippen LogP contribution in [0.25, 0.3) is 6.08 Å². The number of nitrogens with one attached hydrogen (secondary N) is 1. The van der Waals surface area contributed by atoms with E-state index in [0.29, 0.717) is 35.1 Å². The van der Waals surface area contributed by atoms with Crippen LogP contribution in [0.15, 0.2) is 46.4 Å². The van der Waals surface area contributed by atoms with E-state index in [1.807, 2.05) is 13.0 Å². The number of carbonyl (C=O) groups is 2. The molecule has 1 N–H and O–H groups in total. The quantitative estimate of drug-likeness (QED) is 0.378. The monoisotopic (exact) mass is 490 g/mol. The Bertz CT molecular complexity index is 1050. The topological polar surface area (TPSA) is 77.1 Å². The van der Waals surface area contributed by atoms with Gasteiger partial charge in [0.25, 0.3) is 11.8 Å². The molecule has 156 valence electrons.